The minimum absolute atomic E-state index is 0.178. The van der Waals surface area contributed by atoms with E-state index in [1.165, 1.54) is 35.6 Å². The summed E-state index contributed by atoms with van der Waals surface area (Å²) in [7, 11) is 0. The molecule has 2 aromatic carbocycles. The molecule has 0 radical (unpaired) electrons. The summed E-state index contributed by atoms with van der Waals surface area (Å²) in [4.78, 5) is 25.5. The summed E-state index contributed by atoms with van der Waals surface area (Å²) in [5.41, 5.74) is 1.94. The molecule has 0 fully saturated rings. The number of rotatable bonds is 6. The number of nitrogens with one attached hydrogen (secondary N) is 2. The van der Waals surface area contributed by atoms with E-state index in [1.807, 2.05) is 37.3 Å². The minimum atomic E-state index is -0.471. The van der Waals surface area contributed by atoms with Crippen LogP contribution in [0.3, 0.4) is 0 Å². The minimum Gasteiger partial charge on any atom is -0.350 e. The van der Waals surface area contributed by atoms with Gasteiger partial charge in [0.25, 0.3) is 11.8 Å². The zero-order chi connectivity index (χ0) is 21.0. The predicted octanol–water partition coefficient (Wildman–Crippen LogP) is 5.16. The summed E-state index contributed by atoms with van der Waals surface area (Å²) >= 11 is 1.20. The third-order valence-electron chi connectivity index (χ3n) is 4.69. The summed E-state index contributed by atoms with van der Waals surface area (Å²) in [6.07, 6.45) is 0. The molecule has 0 aliphatic rings. The van der Waals surface area contributed by atoms with Gasteiger partial charge in [0, 0.05) is 17.5 Å². The van der Waals surface area contributed by atoms with Gasteiger partial charge in [-0.1, -0.05) is 50.2 Å². The second-order valence-electron chi connectivity index (χ2n) is 7.52. The Bertz CT molecular complexity index is 1030. The number of carbonyl (C=O) groups is 2. The number of benzene rings is 2. The van der Waals surface area contributed by atoms with Gasteiger partial charge in [-0.2, -0.15) is 0 Å². The van der Waals surface area contributed by atoms with Crippen molar-refractivity contribution in [2.75, 3.05) is 11.9 Å². The molecule has 6 heteroatoms. The van der Waals surface area contributed by atoms with Gasteiger partial charge in [0.05, 0.1) is 9.88 Å². The van der Waals surface area contributed by atoms with Gasteiger partial charge < -0.3 is 10.6 Å². The Hall–Kier alpha value is -2.99. The highest BCUT2D eigenvalue weighted by molar-refractivity contribution is 7.18. The Morgan fingerprint density at radius 1 is 1.00 bits per heavy atom. The zero-order valence-electron chi connectivity index (χ0n) is 16.6. The van der Waals surface area contributed by atoms with Crippen LogP contribution in [-0.4, -0.2) is 18.4 Å². The number of hydrogen-bond donors (Lipinski definition) is 2. The molecular formula is C23H23FN2O2S. The van der Waals surface area contributed by atoms with Crippen molar-refractivity contribution in [1.82, 2.24) is 5.32 Å². The number of aryl methyl sites for hydroxylation is 1. The first-order valence-corrected chi connectivity index (χ1v) is 10.1. The fourth-order valence-electron chi connectivity index (χ4n) is 2.96. The molecule has 0 spiro atoms. The van der Waals surface area contributed by atoms with E-state index in [0.717, 1.165) is 11.1 Å². The third kappa shape index (κ3) is 5.09. The number of hydrogen-bond acceptors (Lipinski definition) is 3. The quantitative estimate of drug-likeness (QED) is 0.590. The number of halogens is 1. The first-order chi connectivity index (χ1) is 13.8. The van der Waals surface area contributed by atoms with Crippen LogP contribution in [0.15, 0.2) is 60.7 Å². The van der Waals surface area contributed by atoms with Crippen LogP contribution in [0.5, 0.6) is 0 Å². The zero-order valence-corrected chi connectivity index (χ0v) is 17.4. The Morgan fingerprint density at radius 2 is 1.72 bits per heavy atom. The Labute approximate surface area is 173 Å². The van der Waals surface area contributed by atoms with Gasteiger partial charge in [-0.05, 0) is 42.3 Å². The van der Waals surface area contributed by atoms with E-state index in [4.69, 9.17) is 0 Å². The molecule has 0 unspecified atom stereocenters. The van der Waals surface area contributed by atoms with Crippen LogP contribution in [0.4, 0.5) is 9.39 Å². The molecule has 3 aromatic rings. The van der Waals surface area contributed by atoms with Crippen LogP contribution in [0.1, 0.15) is 45.0 Å². The van der Waals surface area contributed by atoms with Crippen molar-refractivity contribution >= 4 is 28.2 Å². The molecule has 29 heavy (non-hydrogen) atoms. The summed E-state index contributed by atoms with van der Waals surface area (Å²) in [6.45, 7) is 6.47. The number of amides is 2. The summed E-state index contributed by atoms with van der Waals surface area (Å²) in [5, 5.41) is 6.27. The molecule has 0 aliphatic carbocycles. The molecule has 0 saturated carbocycles. The average molecular weight is 411 g/mol. The van der Waals surface area contributed by atoms with Crippen LogP contribution in [-0.2, 0) is 5.41 Å². The van der Waals surface area contributed by atoms with Gasteiger partial charge in [-0.25, -0.2) is 4.39 Å². The Balaban J connectivity index is 1.66. The number of thiophene rings is 1. The fraction of sp³-hybridized carbons (Fsp3) is 0.217. The molecule has 2 amide bonds. The van der Waals surface area contributed by atoms with Crippen LogP contribution < -0.4 is 10.6 Å². The Morgan fingerprint density at radius 3 is 2.41 bits per heavy atom. The SMILES string of the molecule is Cc1cc(NC(=O)c2cccc(F)c2)sc1C(=O)NCC(C)(C)c1ccccc1. The van der Waals surface area contributed by atoms with Gasteiger partial charge in [0.2, 0.25) is 0 Å². The van der Waals surface area contributed by atoms with Gasteiger partial charge in [-0.15, -0.1) is 11.3 Å². The van der Waals surface area contributed by atoms with E-state index in [2.05, 4.69) is 24.5 Å². The molecule has 0 saturated heterocycles. The maximum Gasteiger partial charge on any atom is 0.261 e. The summed E-state index contributed by atoms with van der Waals surface area (Å²) in [5.74, 6) is -1.06. The van der Waals surface area contributed by atoms with Crippen molar-refractivity contribution in [2.24, 2.45) is 0 Å². The van der Waals surface area contributed by atoms with Crippen molar-refractivity contribution in [2.45, 2.75) is 26.2 Å². The second-order valence-corrected chi connectivity index (χ2v) is 8.57. The average Bonchev–Trinajstić information content (AvgIpc) is 3.07. The van der Waals surface area contributed by atoms with Gasteiger partial charge >= 0.3 is 0 Å². The summed E-state index contributed by atoms with van der Waals surface area (Å²) < 4.78 is 13.3. The van der Waals surface area contributed by atoms with Crippen molar-refractivity contribution in [3.63, 3.8) is 0 Å². The molecule has 0 bridgehead atoms. The Kier molecular flexibility index (Phi) is 6.13. The van der Waals surface area contributed by atoms with Gasteiger partial charge in [0.1, 0.15) is 5.82 Å². The maximum atomic E-state index is 13.3. The van der Waals surface area contributed by atoms with Crippen LogP contribution in [0, 0.1) is 12.7 Å². The van der Waals surface area contributed by atoms with Crippen molar-refractivity contribution in [3.8, 4) is 0 Å². The van der Waals surface area contributed by atoms with Crippen molar-refractivity contribution in [1.29, 1.82) is 0 Å². The number of anilines is 1. The smallest absolute Gasteiger partial charge is 0.261 e. The second kappa shape index (κ2) is 8.57. The van der Waals surface area contributed by atoms with Gasteiger partial charge in [-0.3, -0.25) is 9.59 Å². The van der Waals surface area contributed by atoms with Crippen LogP contribution in [0.25, 0.3) is 0 Å². The largest absolute Gasteiger partial charge is 0.350 e. The van der Waals surface area contributed by atoms with E-state index in [0.29, 0.717) is 16.4 Å². The van der Waals surface area contributed by atoms with Crippen molar-refractivity contribution in [3.05, 3.63) is 88.0 Å². The summed E-state index contributed by atoms with van der Waals surface area (Å²) in [6, 6.07) is 17.2. The van der Waals surface area contributed by atoms with E-state index >= 15 is 0 Å². The topological polar surface area (TPSA) is 58.2 Å². The molecule has 0 atom stereocenters. The molecule has 3 rings (SSSR count). The molecule has 4 nitrogen and oxygen atoms in total. The standard InChI is InChI=1S/C23H23FN2O2S/c1-15-12-19(26-21(27)16-8-7-11-18(24)13-16)29-20(15)22(28)25-14-23(2,3)17-9-5-4-6-10-17/h4-13H,14H2,1-3H3,(H,25,28)(H,26,27). The molecular weight excluding hydrogens is 387 g/mol. The van der Waals surface area contributed by atoms with E-state index in [9.17, 15) is 14.0 Å². The fourth-order valence-corrected chi connectivity index (χ4v) is 3.94. The first kappa shape index (κ1) is 20.7. The highest BCUT2D eigenvalue weighted by Gasteiger charge is 2.23. The lowest BCUT2D eigenvalue weighted by molar-refractivity contribution is 0.0948. The lowest BCUT2D eigenvalue weighted by atomic mass is 9.84. The molecule has 2 N–H and O–H groups in total. The highest BCUT2D eigenvalue weighted by Crippen LogP contribution is 2.28. The lowest BCUT2D eigenvalue weighted by Crippen LogP contribution is -2.36. The first-order valence-electron chi connectivity index (χ1n) is 9.27. The molecule has 150 valence electrons. The van der Waals surface area contributed by atoms with E-state index < -0.39 is 11.7 Å². The lowest BCUT2D eigenvalue weighted by Gasteiger charge is -2.25. The van der Waals surface area contributed by atoms with Crippen LogP contribution >= 0.6 is 11.3 Å². The maximum absolute atomic E-state index is 13.3. The highest BCUT2D eigenvalue weighted by atomic mass is 32.1. The third-order valence-corrected chi connectivity index (χ3v) is 5.85. The molecule has 1 heterocycles. The van der Waals surface area contributed by atoms with Gasteiger partial charge in [0.15, 0.2) is 0 Å². The van der Waals surface area contributed by atoms with Crippen LogP contribution in [0.2, 0.25) is 0 Å². The number of carbonyl (C=O) groups excluding carboxylic acids is 2. The normalized spacial score (nSPS) is 11.2. The monoisotopic (exact) mass is 410 g/mol. The predicted molar refractivity (Wildman–Crippen MR) is 115 cm³/mol. The van der Waals surface area contributed by atoms with E-state index in [-0.39, 0.29) is 16.9 Å². The van der Waals surface area contributed by atoms with Crippen molar-refractivity contribution < 1.29 is 14.0 Å². The molecule has 0 aliphatic heterocycles. The molecule has 1 aromatic heterocycles. The van der Waals surface area contributed by atoms with E-state index in [1.54, 1.807) is 6.07 Å².